The number of nitrogens with zero attached hydrogens (tertiary/aromatic N) is 2. The number of hydrogen-bond donors (Lipinski definition) is 1. The molecule has 26 heavy (non-hydrogen) atoms. The summed E-state index contributed by atoms with van der Waals surface area (Å²) in [6.07, 6.45) is 0.0466. The highest BCUT2D eigenvalue weighted by Crippen LogP contribution is 2.41. The zero-order chi connectivity index (χ0) is 18.3. The van der Waals surface area contributed by atoms with E-state index in [1.165, 1.54) is 0 Å². The zero-order valence-corrected chi connectivity index (χ0v) is 16.5. The van der Waals surface area contributed by atoms with Crippen LogP contribution in [-0.4, -0.2) is 28.1 Å². The lowest BCUT2D eigenvalue weighted by molar-refractivity contribution is 0.0719. The molecule has 0 saturated carbocycles. The summed E-state index contributed by atoms with van der Waals surface area (Å²) in [6, 6.07) is 13.7. The molecule has 0 unspecified atom stereocenters. The smallest absolute Gasteiger partial charge is 0.123 e. The summed E-state index contributed by atoms with van der Waals surface area (Å²) in [5, 5.41) is 14.9. The SMILES string of the molecule is CN(Cc1csc(-c2ccccc2)n1)[C@H]1c2cc(Cl)cc(Cl)c2C[C@@H]1O. The molecule has 0 spiro atoms. The highest BCUT2D eigenvalue weighted by molar-refractivity contribution is 7.13. The molecule has 6 heteroatoms. The number of aliphatic hydroxyl groups excluding tert-OH is 1. The maximum Gasteiger partial charge on any atom is 0.123 e. The Kier molecular flexibility index (Phi) is 5.04. The van der Waals surface area contributed by atoms with Crippen molar-refractivity contribution in [3.05, 3.63) is 74.7 Å². The van der Waals surface area contributed by atoms with Crippen molar-refractivity contribution in [2.75, 3.05) is 7.05 Å². The molecule has 4 rings (SSSR count). The Morgan fingerprint density at radius 1 is 1.23 bits per heavy atom. The van der Waals surface area contributed by atoms with E-state index in [1.54, 1.807) is 17.4 Å². The molecule has 0 amide bonds. The minimum atomic E-state index is -0.502. The number of aromatic nitrogens is 1. The van der Waals surface area contributed by atoms with Gasteiger partial charge in [0, 0.05) is 34.0 Å². The lowest BCUT2D eigenvalue weighted by Crippen LogP contribution is -2.30. The van der Waals surface area contributed by atoms with Crippen molar-refractivity contribution in [3.8, 4) is 10.6 Å². The number of likely N-dealkylation sites (N-methyl/N-ethyl adjacent to an activating group) is 1. The van der Waals surface area contributed by atoms with Gasteiger partial charge in [-0.25, -0.2) is 4.98 Å². The van der Waals surface area contributed by atoms with Crippen LogP contribution >= 0.6 is 34.5 Å². The fourth-order valence-corrected chi connectivity index (χ4v) is 5.01. The average molecular weight is 405 g/mol. The number of rotatable bonds is 4. The topological polar surface area (TPSA) is 36.4 Å². The molecule has 2 atom stereocenters. The first-order chi connectivity index (χ1) is 12.5. The van der Waals surface area contributed by atoms with Crippen LogP contribution in [0.1, 0.15) is 22.9 Å². The Morgan fingerprint density at radius 3 is 2.77 bits per heavy atom. The van der Waals surface area contributed by atoms with Crippen LogP contribution in [0.4, 0.5) is 0 Å². The van der Waals surface area contributed by atoms with Gasteiger partial charge < -0.3 is 5.11 Å². The van der Waals surface area contributed by atoms with Gasteiger partial charge in [0.1, 0.15) is 5.01 Å². The predicted molar refractivity (Wildman–Crippen MR) is 108 cm³/mol. The molecule has 1 aliphatic carbocycles. The number of thiazole rings is 1. The minimum absolute atomic E-state index is 0.136. The van der Waals surface area contributed by atoms with E-state index in [2.05, 4.69) is 22.4 Å². The molecule has 3 aromatic rings. The van der Waals surface area contributed by atoms with E-state index < -0.39 is 6.10 Å². The monoisotopic (exact) mass is 404 g/mol. The van der Waals surface area contributed by atoms with Gasteiger partial charge in [-0.15, -0.1) is 11.3 Å². The van der Waals surface area contributed by atoms with Crippen LogP contribution in [0.3, 0.4) is 0 Å². The van der Waals surface area contributed by atoms with Crippen molar-refractivity contribution in [1.29, 1.82) is 0 Å². The average Bonchev–Trinajstić information content (AvgIpc) is 3.20. The molecule has 1 heterocycles. The number of halogens is 2. The maximum atomic E-state index is 10.6. The van der Waals surface area contributed by atoms with Crippen LogP contribution in [0.2, 0.25) is 10.0 Å². The van der Waals surface area contributed by atoms with E-state index in [-0.39, 0.29) is 6.04 Å². The van der Waals surface area contributed by atoms with Gasteiger partial charge in [0.2, 0.25) is 0 Å². The molecular formula is C20H18Cl2N2OS. The quantitative estimate of drug-likeness (QED) is 0.648. The second-order valence-corrected chi connectivity index (χ2v) is 8.30. The van der Waals surface area contributed by atoms with Crippen molar-refractivity contribution < 1.29 is 5.11 Å². The molecule has 0 bridgehead atoms. The van der Waals surface area contributed by atoms with Crippen molar-refractivity contribution in [3.63, 3.8) is 0 Å². The Bertz CT molecular complexity index is 929. The van der Waals surface area contributed by atoms with Gasteiger partial charge in [0.05, 0.1) is 17.8 Å². The van der Waals surface area contributed by atoms with Crippen LogP contribution in [0.25, 0.3) is 10.6 Å². The van der Waals surface area contributed by atoms with Crippen LogP contribution in [0, 0.1) is 0 Å². The normalized spacial score (nSPS) is 19.1. The van der Waals surface area contributed by atoms with Crippen molar-refractivity contribution in [2.24, 2.45) is 0 Å². The maximum absolute atomic E-state index is 10.6. The molecule has 0 fully saturated rings. The van der Waals surface area contributed by atoms with E-state index in [4.69, 9.17) is 28.2 Å². The first-order valence-corrected chi connectivity index (χ1v) is 10.0. The van der Waals surface area contributed by atoms with Crippen molar-refractivity contribution in [2.45, 2.75) is 25.1 Å². The predicted octanol–water partition coefficient (Wildman–Crippen LogP) is 5.21. The highest BCUT2D eigenvalue weighted by atomic mass is 35.5. The van der Waals surface area contributed by atoms with Crippen molar-refractivity contribution >= 4 is 34.5 Å². The van der Waals surface area contributed by atoms with E-state index in [1.807, 2.05) is 31.3 Å². The molecule has 1 N–H and O–H groups in total. The van der Waals surface area contributed by atoms with Crippen LogP contribution in [-0.2, 0) is 13.0 Å². The first kappa shape index (κ1) is 18.0. The van der Waals surface area contributed by atoms with Gasteiger partial charge >= 0.3 is 0 Å². The second kappa shape index (κ2) is 7.29. The Hall–Kier alpha value is -1.43. The van der Waals surface area contributed by atoms with Crippen LogP contribution in [0.5, 0.6) is 0 Å². The molecule has 134 valence electrons. The minimum Gasteiger partial charge on any atom is -0.391 e. The zero-order valence-electron chi connectivity index (χ0n) is 14.2. The summed E-state index contributed by atoms with van der Waals surface area (Å²) in [5.74, 6) is 0. The lowest BCUT2D eigenvalue weighted by atomic mass is 10.1. The summed E-state index contributed by atoms with van der Waals surface area (Å²) in [7, 11) is 2.00. The Labute approximate surface area is 166 Å². The molecule has 0 radical (unpaired) electrons. The van der Waals surface area contributed by atoms with Gasteiger partial charge in [0.15, 0.2) is 0 Å². The number of aliphatic hydroxyl groups is 1. The summed E-state index contributed by atoms with van der Waals surface area (Å²) >= 11 is 14.1. The molecule has 3 nitrogen and oxygen atoms in total. The fourth-order valence-electron chi connectivity index (χ4n) is 3.61. The summed E-state index contributed by atoms with van der Waals surface area (Å²) in [5.41, 5.74) is 4.11. The van der Waals surface area contributed by atoms with Gasteiger partial charge in [0.25, 0.3) is 0 Å². The van der Waals surface area contributed by atoms with Gasteiger partial charge in [-0.05, 0) is 30.3 Å². The van der Waals surface area contributed by atoms with E-state index in [9.17, 15) is 5.11 Å². The van der Waals surface area contributed by atoms with Gasteiger partial charge in [-0.1, -0.05) is 53.5 Å². The molecule has 1 aliphatic rings. The third-order valence-corrected chi connectivity index (χ3v) is 6.25. The van der Waals surface area contributed by atoms with Crippen LogP contribution < -0.4 is 0 Å². The fraction of sp³-hybridized carbons (Fsp3) is 0.250. The van der Waals surface area contributed by atoms with E-state index >= 15 is 0 Å². The van der Waals surface area contributed by atoms with E-state index in [0.29, 0.717) is 23.0 Å². The van der Waals surface area contributed by atoms with Crippen LogP contribution in [0.15, 0.2) is 47.8 Å². The standard InChI is InChI=1S/C20H18Cl2N2OS/c1-24(10-14-11-26-20(23-14)12-5-3-2-4-6-12)19-16-7-13(21)8-17(22)15(16)9-18(19)25/h2-8,11,18-19,25H,9-10H2,1H3/t18-,19-/m0/s1. The van der Waals surface area contributed by atoms with Gasteiger partial charge in [-0.3, -0.25) is 4.90 Å². The molecule has 2 aromatic carbocycles. The molecular weight excluding hydrogens is 387 g/mol. The first-order valence-electron chi connectivity index (χ1n) is 8.39. The number of hydrogen-bond acceptors (Lipinski definition) is 4. The number of fused-ring (bicyclic) bond motifs is 1. The number of benzene rings is 2. The molecule has 0 aliphatic heterocycles. The summed E-state index contributed by atoms with van der Waals surface area (Å²) in [4.78, 5) is 6.87. The Morgan fingerprint density at radius 2 is 2.00 bits per heavy atom. The highest BCUT2D eigenvalue weighted by Gasteiger charge is 2.35. The van der Waals surface area contributed by atoms with E-state index in [0.717, 1.165) is 27.4 Å². The molecule has 1 aromatic heterocycles. The largest absolute Gasteiger partial charge is 0.391 e. The van der Waals surface area contributed by atoms with Crippen molar-refractivity contribution in [1.82, 2.24) is 9.88 Å². The third-order valence-electron chi connectivity index (χ3n) is 4.75. The lowest BCUT2D eigenvalue weighted by Gasteiger charge is -2.27. The molecule has 0 saturated heterocycles. The Balaban J connectivity index is 1.56. The third kappa shape index (κ3) is 3.40. The summed E-state index contributed by atoms with van der Waals surface area (Å²) in [6.45, 7) is 0.647. The summed E-state index contributed by atoms with van der Waals surface area (Å²) < 4.78 is 0. The second-order valence-electron chi connectivity index (χ2n) is 6.60. The van der Waals surface area contributed by atoms with Gasteiger partial charge in [-0.2, -0.15) is 0 Å².